The maximum Gasteiger partial charge on any atom is 0.329 e. The minimum absolute atomic E-state index is 0.0520. The molecular weight excluding hydrogens is 292 g/mol. The summed E-state index contributed by atoms with van der Waals surface area (Å²) >= 11 is 5.70. The molecule has 2 aromatic carbocycles. The molecule has 104 valence electrons. The predicted molar refractivity (Wildman–Crippen MR) is 80.9 cm³/mol. The van der Waals surface area contributed by atoms with E-state index in [9.17, 15) is 10.1 Å². The average molecular weight is 301 g/mol. The molecule has 3 rings (SSSR count). The Bertz CT molecular complexity index is 838. The van der Waals surface area contributed by atoms with Crippen molar-refractivity contribution in [2.45, 2.75) is 0 Å². The van der Waals surface area contributed by atoms with Crippen LogP contribution in [0.1, 0.15) is 0 Å². The summed E-state index contributed by atoms with van der Waals surface area (Å²) in [6.07, 6.45) is 1.08. The van der Waals surface area contributed by atoms with Gasteiger partial charge in [-0.3, -0.25) is 10.1 Å². The van der Waals surface area contributed by atoms with E-state index in [1.165, 1.54) is 0 Å². The predicted octanol–water partition coefficient (Wildman–Crippen LogP) is 3.94. The number of hydrogen-bond donors (Lipinski definition) is 1. The van der Waals surface area contributed by atoms with Crippen LogP contribution in [0.5, 0.6) is 0 Å². The molecule has 0 aliphatic rings. The third-order valence-corrected chi connectivity index (χ3v) is 3.13. The highest BCUT2D eigenvalue weighted by molar-refractivity contribution is 6.28. The number of benzene rings is 2. The van der Waals surface area contributed by atoms with Crippen LogP contribution in [-0.4, -0.2) is 14.9 Å². The zero-order valence-corrected chi connectivity index (χ0v) is 11.4. The van der Waals surface area contributed by atoms with Gasteiger partial charge in [0.15, 0.2) is 0 Å². The van der Waals surface area contributed by atoms with E-state index < -0.39 is 4.92 Å². The van der Waals surface area contributed by atoms with Crippen LogP contribution in [0.15, 0.2) is 48.7 Å². The van der Waals surface area contributed by atoms with Gasteiger partial charge in [0, 0.05) is 5.69 Å². The van der Waals surface area contributed by atoms with E-state index in [0.29, 0.717) is 5.69 Å². The molecule has 7 heteroatoms. The summed E-state index contributed by atoms with van der Waals surface area (Å²) in [7, 11) is 0. The van der Waals surface area contributed by atoms with Crippen LogP contribution in [0.3, 0.4) is 0 Å². The van der Waals surface area contributed by atoms with E-state index in [2.05, 4.69) is 15.3 Å². The Labute approximate surface area is 124 Å². The number of fused-ring (bicyclic) bond motifs is 1. The molecule has 0 amide bonds. The summed E-state index contributed by atoms with van der Waals surface area (Å²) in [4.78, 5) is 17.9. The summed E-state index contributed by atoms with van der Waals surface area (Å²) < 4.78 is 0. The van der Waals surface area contributed by atoms with Crippen molar-refractivity contribution < 1.29 is 4.92 Å². The maximum absolute atomic E-state index is 11.0. The SMILES string of the molecule is O=[N+]([O-])c1cnc(Cl)nc1Nc1ccc2ccccc2c1. The largest absolute Gasteiger partial charge is 0.334 e. The number of halogens is 1. The molecule has 0 bridgehead atoms. The Kier molecular flexibility index (Phi) is 3.37. The van der Waals surface area contributed by atoms with Gasteiger partial charge < -0.3 is 5.32 Å². The first-order chi connectivity index (χ1) is 10.1. The zero-order chi connectivity index (χ0) is 14.8. The molecule has 0 aliphatic heterocycles. The van der Waals surface area contributed by atoms with Crippen LogP contribution >= 0.6 is 11.6 Å². The molecule has 0 radical (unpaired) electrons. The highest BCUT2D eigenvalue weighted by Crippen LogP contribution is 2.27. The molecule has 0 fully saturated rings. The highest BCUT2D eigenvalue weighted by atomic mass is 35.5. The van der Waals surface area contributed by atoms with E-state index in [0.717, 1.165) is 17.0 Å². The van der Waals surface area contributed by atoms with Crippen molar-refractivity contribution in [3.05, 3.63) is 64.1 Å². The van der Waals surface area contributed by atoms with E-state index >= 15 is 0 Å². The lowest BCUT2D eigenvalue weighted by atomic mass is 10.1. The quantitative estimate of drug-likeness (QED) is 0.450. The summed E-state index contributed by atoms with van der Waals surface area (Å²) in [6, 6.07) is 13.5. The second-order valence-corrected chi connectivity index (χ2v) is 4.65. The number of hydrogen-bond acceptors (Lipinski definition) is 5. The molecular formula is C14H9ClN4O2. The van der Waals surface area contributed by atoms with Crippen LogP contribution in [-0.2, 0) is 0 Å². The minimum Gasteiger partial charge on any atom is -0.334 e. The van der Waals surface area contributed by atoms with Crippen molar-refractivity contribution in [2.24, 2.45) is 0 Å². The third-order valence-electron chi connectivity index (χ3n) is 2.95. The topological polar surface area (TPSA) is 81.0 Å². The van der Waals surface area contributed by atoms with Gasteiger partial charge in [0.1, 0.15) is 6.20 Å². The lowest BCUT2D eigenvalue weighted by Crippen LogP contribution is -2.01. The normalized spacial score (nSPS) is 10.5. The van der Waals surface area contributed by atoms with Gasteiger partial charge in [-0.05, 0) is 34.5 Å². The van der Waals surface area contributed by atoms with Crippen molar-refractivity contribution in [3.63, 3.8) is 0 Å². The molecule has 1 N–H and O–H groups in total. The van der Waals surface area contributed by atoms with Gasteiger partial charge >= 0.3 is 5.69 Å². The fourth-order valence-electron chi connectivity index (χ4n) is 1.98. The Hall–Kier alpha value is -2.73. The van der Waals surface area contributed by atoms with Gasteiger partial charge in [0.05, 0.1) is 4.92 Å². The molecule has 0 saturated carbocycles. The Balaban J connectivity index is 2.02. The van der Waals surface area contributed by atoms with Crippen LogP contribution in [0, 0.1) is 10.1 Å². The van der Waals surface area contributed by atoms with Crippen molar-refractivity contribution in [1.29, 1.82) is 0 Å². The smallest absolute Gasteiger partial charge is 0.329 e. The van der Waals surface area contributed by atoms with Gasteiger partial charge in [-0.15, -0.1) is 0 Å². The van der Waals surface area contributed by atoms with Gasteiger partial charge in [-0.25, -0.2) is 4.98 Å². The molecule has 0 spiro atoms. The minimum atomic E-state index is -0.556. The highest BCUT2D eigenvalue weighted by Gasteiger charge is 2.17. The van der Waals surface area contributed by atoms with Gasteiger partial charge in [-0.2, -0.15) is 4.98 Å². The van der Waals surface area contributed by atoms with Gasteiger partial charge in [-0.1, -0.05) is 30.3 Å². The number of rotatable bonds is 3. The molecule has 0 atom stereocenters. The lowest BCUT2D eigenvalue weighted by molar-refractivity contribution is -0.384. The molecule has 3 aromatic rings. The van der Waals surface area contributed by atoms with Crippen molar-refractivity contribution in [3.8, 4) is 0 Å². The molecule has 6 nitrogen and oxygen atoms in total. The number of aromatic nitrogens is 2. The number of anilines is 2. The van der Waals surface area contributed by atoms with Crippen molar-refractivity contribution >= 4 is 39.6 Å². The fraction of sp³-hybridized carbons (Fsp3) is 0. The first-order valence-electron chi connectivity index (χ1n) is 6.06. The Morgan fingerprint density at radius 3 is 2.67 bits per heavy atom. The molecule has 0 saturated heterocycles. The van der Waals surface area contributed by atoms with E-state index in [1.807, 2.05) is 42.5 Å². The van der Waals surface area contributed by atoms with Crippen LogP contribution in [0.2, 0.25) is 5.28 Å². The molecule has 1 aromatic heterocycles. The lowest BCUT2D eigenvalue weighted by Gasteiger charge is -2.07. The van der Waals surface area contributed by atoms with Crippen LogP contribution < -0.4 is 5.32 Å². The van der Waals surface area contributed by atoms with Crippen molar-refractivity contribution in [2.75, 3.05) is 5.32 Å². The Morgan fingerprint density at radius 1 is 1.14 bits per heavy atom. The first kappa shape index (κ1) is 13.3. The van der Waals surface area contributed by atoms with Crippen molar-refractivity contribution in [1.82, 2.24) is 9.97 Å². The van der Waals surface area contributed by atoms with Crippen LogP contribution in [0.25, 0.3) is 10.8 Å². The standard InChI is InChI=1S/C14H9ClN4O2/c15-14-16-8-12(19(20)21)13(18-14)17-11-6-5-9-3-1-2-4-10(9)7-11/h1-8H,(H,16,17,18). The Morgan fingerprint density at radius 2 is 1.90 bits per heavy atom. The van der Waals surface area contributed by atoms with Gasteiger partial charge in [0.25, 0.3) is 0 Å². The van der Waals surface area contributed by atoms with E-state index in [-0.39, 0.29) is 16.8 Å². The third kappa shape index (κ3) is 2.75. The van der Waals surface area contributed by atoms with Gasteiger partial charge in [0.2, 0.25) is 11.1 Å². The molecule has 0 unspecified atom stereocenters. The summed E-state index contributed by atoms with van der Waals surface area (Å²) in [5.41, 5.74) is 0.458. The number of nitrogens with one attached hydrogen (secondary N) is 1. The molecule has 21 heavy (non-hydrogen) atoms. The summed E-state index contributed by atoms with van der Waals surface area (Å²) in [5, 5.41) is 15.9. The second-order valence-electron chi connectivity index (χ2n) is 4.32. The maximum atomic E-state index is 11.0. The number of nitrogens with zero attached hydrogens (tertiary/aromatic N) is 3. The molecule has 0 aliphatic carbocycles. The van der Waals surface area contributed by atoms with E-state index in [4.69, 9.17) is 11.6 Å². The number of nitro groups is 1. The summed E-state index contributed by atoms with van der Waals surface area (Å²) in [6.45, 7) is 0. The monoisotopic (exact) mass is 300 g/mol. The van der Waals surface area contributed by atoms with E-state index in [1.54, 1.807) is 0 Å². The molecule has 1 heterocycles. The average Bonchev–Trinajstić information content (AvgIpc) is 2.47. The second kappa shape index (κ2) is 5.34. The fourth-order valence-corrected chi connectivity index (χ4v) is 2.12. The van der Waals surface area contributed by atoms with Crippen LogP contribution in [0.4, 0.5) is 17.2 Å². The summed E-state index contributed by atoms with van der Waals surface area (Å²) in [5.74, 6) is 0.0651. The zero-order valence-electron chi connectivity index (χ0n) is 10.7. The first-order valence-corrected chi connectivity index (χ1v) is 6.44.